The first-order chi connectivity index (χ1) is 17.7. The predicted molar refractivity (Wildman–Crippen MR) is 165 cm³/mol. The summed E-state index contributed by atoms with van der Waals surface area (Å²) in [5.74, 6) is 0.719. The molecule has 0 bridgehead atoms. The minimum atomic E-state index is -2.13. The summed E-state index contributed by atoms with van der Waals surface area (Å²) in [6, 6.07) is 6.02. The molecule has 1 aromatic carbocycles. The Balaban J connectivity index is 3.03. The average molecular weight is 577 g/mol. The first-order valence-corrected chi connectivity index (χ1v) is 19.7. The third-order valence-electron chi connectivity index (χ3n) is 7.78. The summed E-state index contributed by atoms with van der Waals surface area (Å²) < 4.78 is 24.4. The number of carbonyl (C=O) groups is 2. The van der Waals surface area contributed by atoms with Crippen LogP contribution in [-0.2, 0) is 25.5 Å². The average Bonchev–Trinajstić information content (AvgIpc) is 2.77. The molecule has 220 valence electrons. The number of benzene rings is 1. The van der Waals surface area contributed by atoms with Crippen LogP contribution in [0.1, 0.15) is 73.3 Å². The zero-order valence-electron chi connectivity index (χ0n) is 26.2. The maximum absolute atomic E-state index is 12.6. The Bertz CT molecular complexity index is 1000. The van der Waals surface area contributed by atoms with Crippen LogP contribution in [0.3, 0.4) is 0 Å². The molecule has 0 heterocycles. The minimum absolute atomic E-state index is 0.0284. The van der Waals surface area contributed by atoms with Crippen LogP contribution in [0, 0.1) is 0 Å². The lowest BCUT2D eigenvalue weighted by Gasteiger charge is -2.39. The van der Waals surface area contributed by atoms with E-state index in [2.05, 4.69) is 80.9 Å². The van der Waals surface area contributed by atoms with Crippen molar-refractivity contribution < 1.29 is 27.9 Å². The Labute approximate surface area is 239 Å². The monoisotopic (exact) mass is 576 g/mol. The van der Waals surface area contributed by atoms with Gasteiger partial charge in [0.1, 0.15) is 23.7 Å². The van der Waals surface area contributed by atoms with Crippen molar-refractivity contribution in [1.82, 2.24) is 0 Å². The van der Waals surface area contributed by atoms with Gasteiger partial charge in [-0.25, -0.2) is 4.79 Å². The third-order valence-corrected chi connectivity index (χ3v) is 16.5. The van der Waals surface area contributed by atoms with E-state index < -0.39 is 34.8 Å². The standard InChI is InChI=1S/C31H52O6Si2/c1-14-16-25(35-28(32)15-2)21-23(3)34-29(33)20-18-24-17-19-26(36-38(10,11)30(4,5)6)27(22-24)37-39(12,13)31(7,8)9/h14-15,17,19,22-23,25H,1-2,16,18,20-21H2,3-13H3/t23-,25+/m1/s1. The molecule has 0 unspecified atom stereocenters. The van der Waals surface area contributed by atoms with Crippen LogP contribution in [-0.4, -0.2) is 40.8 Å². The van der Waals surface area contributed by atoms with Crippen molar-refractivity contribution in [3.63, 3.8) is 0 Å². The molecule has 6 nitrogen and oxygen atoms in total. The summed E-state index contributed by atoms with van der Waals surface area (Å²) >= 11 is 0. The Morgan fingerprint density at radius 3 is 1.92 bits per heavy atom. The molecule has 0 aliphatic carbocycles. The van der Waals surface area contributed by atoms with Gasteiger partial charge in [-0.2, -0.15) is 0 Å². The lowest BCUT2D eigenvalue weighted by Crippen LogP contribution is -2.45. The van der Waals surface area contributed by atoms with Crippen LogP contribution in [0.4, 0.5) is 0 Å². The second-order valence-electron chi connectivity index (χ2n) is 13.3. The first-order valence-electron chi connectivity index (χ1n) is 13.9. The van der Waals surface area contributed by atoms with Crippen molar-refractivity contribution in [2.75, 3.05) is 0 Å². The van der Waals surface area contributed by atoms with Gasteiger partial charge >= 0.3 is 11.9 Å². The summed E-state index contributed by atoms with van der Waals surface area (Å²) in [5.41, 5.74) is 0.986. The molecule has 0 aromatic heterocycles. The van der Waals surface area contributed by atoms with Gasteiger partial charge in [0.2, 0.25) is 0 Å². The summed E-state index contributed by atoms with van der Waals surface area (Å²) in [5, 5.41) is 0.0791. The van der Waals surface area contributed by atoms with E-state index in [9.17, 15) is 9.59 Å². The van der Waals surface area contributed by atoms with E-state index in [1.807, 2.05) is 18.2 Å². The largest absolute Gasteiger partial charge is 0.541 e. The number of rotatable bonds is 14. The number of aryl methyl sites for hydroxylation is 1. The molecule has 2 atom stereocenters. The highest BCUT2D eigenvalue weighted by Gasteiger charge is 2.42. The molecule has 1 aromatic rings. The van der Waals surface area contributed by atoms with Crippen LogP contribution in [0.5, 0.6) is 11.5 Å². The Morgan fingerprint density at radius 2 is 1.44 bits per heavy atom. The zero-order chi connectivity index (χ0) is 30.2. The van der Waals surface area contributed by atoms with Crippen molar-refractivity contribution in [1.29, 1.82) is 0 Å². The quantitative estimate of drug-likeness (QED) is 0.0958. The van der Waals surface area contributed by atoms with Gasteiger partial charge in [-0.15, -0.1) is 6.58 Å². The van der Waals surface area contributed by atoms with E-state index in [4.69, 9.17) is 18.3 Å². The molecule has 0 spiro atoms. The number of hydrogen-bond donors (Lipinski definition) is 0. The van der Waals surface area contributed by atoms with E-state index in [1.54, 1.807) is 13.0 Å². The van der Waals surface area contributed by atoms with Crippen LogP contribution < -0.4 is 8.85 Å². The van der Waals surface area contributed by atoms with Crippen molar-refractivity contribution >= 4 is 28.6 Å². The van der Waals surface area contributed by atoms with Gasteiger partial charge in [0.05, 0.1) is 0 Å². The second-order valence-corrected chi connectivity index (χ2v) is 22.8. The molecule has 0 aliphatic rings. The molecular weight excluding hydrogens is 525 g/mol. The highest BCUT2D eigenvalue weighted by molar-refractivity contribution is 6.75. The molecule has 39 heavy (non-hydrogen) atoms. The third kappa shape index (κ3) is 11.0. The number of carbonyl (C=O) groups excluding carboxylic acids is 2. The minimum Gasteiger partial charge on any atom is -0.541 e. The van der Waals surface area contributed by atoms with Gasteiger partial charge in [0.15, 0.2) is 0 Å². The molecule has 8 heteroatoms. The molecule has 0 fully saturated rings. The fourth-order valence-electron chi connectivity index (χ4n) is 3.27. The molecule has 0 saturated carbocycles. The van der Waals surface area contributed by atoms with E-state index >= 15 is 0 Å². The van der Waals surface area contributed by atoms with Crippen LogP contribution in [0.15, 0.2) is 43.5 Å². The van der Waals surface area contributed by atoms with Crippen molar-refractivity contribution in [3.05, 3.63) is 49.1 Å². The summed E-state index contributed by atoms with van der Waals surface area (Å²) in [7, 11) is -4.22. The topological polar surface area (TPSA) is 71.1 Å². The van der Waals surface area contributed by atoms with Gasteiger partial charge in [0, 0.05) is 25.3 Å². The molecule has 0 aliphatic heterocycles. The zero-order valence-corrected chi connectivity index (χ0v) is 28.2. The maximum Gasteiger partial charge on any atom is 0.330 e. The SMILES string of the molecule is C=CC[C@@H](C[C@@H](C)OC(=O)CCc1ccc(O[Si](C)(C)C(C)(C)C)c(O[Si](C)(C)C(C)(C)C)c1)OC(=O)C=C. The lowest BCUT2D eigenvalue weighted by molar-refractivity contribution is -0.152. The lowest BCUT2D eigenvalue weighted by atomic mass is 10.1. The Morgan fingerprint density at radius 1 is 0.897 bits per heavy atom. The van der Waals surface area contributed by atoms with E-state index in [0.29, 0.717) is 19.3 Å². The molecule has 0 saturated heterocycles. The molecule has 0 N–H and O–H groups in total. The van der Waals surface area contributed by atoms with Gasteiger partial charge in [-0.1, -0.05) is 60.3 Å². The maximum atomic E-state index is 12.6. The van der Waals surface area contributed by atoms with Gasteiger partial charge in [0.25, 0.3) is 16.6 Å². The summed E-state index contributed by atoms with van der Waals surface area (Å²) in [6.45, 7) is 31.1. The summed E-state index contributed by atoms with van der Waals surface area (Å²) in [4.78, 5) is 24.2. The fourth-order valence-corrected chi connectivity index (χ4v) is 5.31. The van der Waals surface area contributed by atoms with Crippen molar-refractivity contribution in [2.24, 2.45) is 0 Å². The van der Waals surface area contributed by atoms with Gasteiger partial charge in [-0.3, -0.25) is 4.79 Å². The first kappa shape index (κ1) is 34.7. The Hall–Kier alpha value is -2.33. The summed E-state index contributed by atoms with van der Waals surface area (Å²) in [6.07, 6.45) is 3.59. The van der Waals surface area contributed by atoms with Crippen LogP contribution >= 0.6 is 0 Å². The molecule has 0 radical (unpaired) electrons. The Kier molecular flexibility index (Phi) is 12.3. The van der Waals surface area contributed by atoms with Gasteiger partial charge < -0.3 is 18.3 Å². The van der Waals surface area contributed by atoms with Gasteiger partial charge in [-0.05, 0) is 67.3 Å². The number of esters is 2. The van der Waals surface area contributed by atoms with Crippen molar-refractivity contribution in [3.8, 4) is 11.5 Å². The highest BCUT2D eigenvalue weighted by Crippen LogP contribution is 2.43. The van der Waals surface area contributed by atoms with Crippen LogP contribution in [0.2, 0.25) is 36.3 Å². The predicted octanol–water partition coefficient (Wildman–Crippen LogP) is 8.38. The number of hydrogen-bond acceptors (Lipinski definition) is 6. The van der Waals surface area contributed by atoms with E-state index in [1.165, 1.54) is 0 Å². The molecule has 1 rings (SSSR count). The smallest absolute Gasteiger partial charge is 0.330 e. The van der Waals surface area contributed by atoms with E-state index in [0.717, 1.165) is 23.1 Å². The number of ether oxygens (including phenoxy) is 2. The van der Waals surface area contributed by atoms with E-state index in [-0.39, 0.29) is 22.5 Å². The second kappa shape index (κ2) is 13.8. The van der Waals surface area contributed by atoms with Crippen molar-refractivity contribution in [2.45, 2.75) is 123 Å². The van der Waals surface area contributed by atoms with Crippen LogP contribution in [0.25, 0.3) is 0 Å². The normalized spacial score (nSPS) is 14.1. The molecule has 0 amide bonds. The fraction of sp³-hybridized carbons (Fsp3) is 0.613. The highest BCUT2D eigenvalue weighted by atomic mass is 28.4. The molecular formula is C31H52O6Si2.